The molecule has 1 atom stereocenters. The molecule has 0 spiro atoms. The molecule has 0 bridgehead atoms. The van der Waals surface area contributed by atoms with Gasteiger partial charge in [-0.15, -0.1) is 0 Å². The normalized spacial score (nSPS) is 12.6. The topological polar surface area (TPSA) is 81.2 Å². The Kier molecular flexibility index (Phi) is 3.53. The van der Waals surface area contributed by atoms with Crippen LogP contribution in [0.25, 0.3) is 22.1 Å². The minimum atomic E-state index is -0.265. The highest BCUT2D eigenvalue weighted by Gasteiger charge is 2.20. The van der Waals surface area contributed by atoms with Gasteiger partial charge in [-0.1, -0.05) is 23.4 Å². The van der Waals surface area contributed by atoms with Crippen molar-refractivity contribution in [3.05, 3.63) is 59.1 Å². The number of para-hydroxylation sites is 1. The van der Waals surface area contributed by atoms with Crippen molar-refractivity contribution in [1.82, 2.24) is 15.5 Å². The van der Waals surface area contributed by atoms with Crippen LogP contribution in [0, 0.1) is 13.8 Å². The zero-order chi connectivity index (χ0) is 17.6. The Hall–Kier alpha value is -3.15. The number of nitrogens with zero attached hydrogens (tertiary/aromatic N) is 2. The average molecular weight is 335 g/mol. The standard InChI is InChI=1S/C19H17N3O3/c1-10-14-6-4-5-7-16(14)24-17(10)12(3)21-18(23)13-8-15-11(2)22-25-19(15)20-9-13/h4-9,12H,1-3H3,(H,21,23)/t12-/m0/s1. The highest BCUT2D eigenvalue weighted by atomic mass is 16.5. The molecule has 126 valence electrons. The number of nitrogens with one attached hydrogen (secondary N) is 1. The van der Waals surface area contributed by atoms with E-state index >= 15 is 0 Å². The molecule has 0 radical (unpaired) electrons. The lowest BCUT2D eigenvalue weighted by Crippen LogP contribution is -2.26. The van der Waals surface area contributed by atoms with Crippen molar-refractivity contribution in [2.75, 3.05) is 0 Å². The van der Waals surface area contributed by atoms with Crippen molar-refractivity contribution < 1.29 is 13.7 Å². The molecule has 0 aliphatic rings. The summed E-state index contributed by atoms with van der Waals surface area (Å²) < 4.78 is 11.0. The van der Waals surface area contributed by atoms with Gasteiger partial charge in [0, 0.05) is 17.1 Å². The molecule has 0 saturated carbocycles. The molecule has 25 heavy (non-hydrogen) atoms. The first-order chi connectivity index (χ1) is 12.0. The Morgan fingerprint density at radius 3 is 2.80 bits per heavy atom. The number of amides is 1. The van der Waals surface area contributed by atoms with E-state index < -0.39 is 0 Å². The molecule has 1 N–H and O–H groups in total. The number of pyridine rings is 1. The minimum absolute atomic E-state index is 0.220. The maximum absolute atomic E-state index is 12.6. The summed E-state index contributed by atoms with van der Waals surface area (Å²) in [5, 5.41) is 8.62. The zero-order valence-electron chi connectivity index (χ0n) is 14.2. The summed E-state index contributed by atoms with van der Waals surface area (Å²) in [5.74, 6) is 0.534. The number of hydrogen-bond donors (Lipinski definition) is 1. The number of carbonyl (C=O) groups is 1. The second-order valence-electron chi connectivity index (χ2n) is 6.13. The molecule has 3 aromatic heterocycles. The summed E-state index contributed by atoms with van der Waals surface area (Å²) in [5.41, 5.74) is 3.44. The maximum atomic E-state index is 12.6. The molecule has 4 rings (SSSR count). The number of rotatable bonds is 3. The van der Waals surface area contributed by atoms with E-state index in [1.807, 2.05) is 45.0 Å². The molecule has 0 aliphatic heterocycles. The Labute approximate surface area is 143 Å². The number of aryl methyl sites for hydroxylation is 2. The second kappa shape index (κ2) is 5.73. The van der Waals surface area contributed by atoms with E-state index in [9.17, 15) is 4.79 Å². The van der Waals surface area contributed by atoms with Gasteiger partial charge in [0.25, 0.3) is 11.6 Å². The van der Waals surface area contributed by atoms with Crippen LogP contribution < -0.4 is 5.32 Å². The quantitative estimate of drug-likeness (QED) is 0.610. The molecule has 3 heterocycles. The van der Waals surface area contributed by atoms with Crippen molar-refractivity contribution in [3.8, 4) is 0 Å². The van der Waals surface area contributed by atoms with Gasteiger partial charge in [0.2, 0.25) is 0 Å². The molecule has 6 nitrogen and oxygen atoms in total. The Balaban J connectivity index is 1.62. The summed E-state index contributed by atoms with van der Waals surface area (Å²) in [7, 11) is 0. The minimum Gasteiger partial charge on any atom is -0.459 e. The summed E-state index contributed by atoms with van der Waals surface area (Å²) in [4.78, 5) is 16.7. The molecule has 0 unspecified atom stereocenters. The Bertz CT molecular complexity index is 1090. The van der Waals surface area contributed by atoms with E-state index in [2.05, 4.69) is 15.5 Å². The molecule has 6 heteroatoms. The van der Waals surface area contributed by atoms with Crippen LogP contribution in [0.5, 0.6) is 0 Å². The lowest BCUT2D eigenvalue weighted by molar-refractivity contribution is 0.0935. The van der Waals surface area contributed by atoms with Crippen LogP contribution in [0.3, 0.4) is 0 Å². The maximum Gasteiger partial charge on any atom is 0.257 e. The van der Waals surface area contributed by atoms with Gasteiger partial charge in [0.05, 0.1) is 22.7 Å². The van der Waals surface area contributed by atoms with Crippen LogP contribution >= 0.6 is 0 Å². The van der Waals surface area contributed by atoms with Gasteiger partial charge in [0.1, 0.15) is 11.3 Å². The third kappa shape index (κ3) is 2.55. The third-order valence-electron chi connectivity index (χ3n) is 4.39. The number of benzene rings is 1. The van der Waals surface area contributed by atoms with Crippen molar-refractivity contribution in [2.24, 2.45) is 0 Å². The van der Waals surface area contributed by atoms with Gasteiger partial charge in [-0.05, 0) is 32.9 Å². The highest BCUT2D eigenvalue weighted by molar-refractivity contribution is 5.97. The van der Waals surface area contributed by atoms with E-state index in [0.29, 0.717) is 17.0 Å². The Morgan fingerprint density at radius 1 is 1.20 bits per heavy atom. The van der Waals surface area contributed by atoms with Gasteiger partial charge in [-0.3, -0.25) is 4.79 Å². The number of aromatic nitrogens is 2. The lowest BCUT2D eigenvalue weighted by atomic mass is 10.1. The summed E-state index contributed by atoms with van der Waals surface area (Å²) >= 11 is 0. The number of carbonyl (C=O) groups excluding carboxylic acids is 1. The lowest BCUT2D eigenvalue weighted by Gasteiger charge is -2.12. The van der Waals surface area contributed by atoms with Crippen LogP contribution in [0.15, 0.2) is 45.5 Å². The van der Waals surface area contributed by atoms with Crippen molar-refractivity contribution in [1.29, 1.82) is 0 Å². The first kappa shape index (κ1) is 15.4. The van der Waals surface area contributed by atoms with Crippen molar-refractivity contribution >= 4 is 28.0 Å². The number of furan rings is 1. The van der Waals surface area contributed by atoms with Crippen LogP contribution in [0.1, 0.15) is 40.3 Å². The Morgan fingerprint density at radius 2 is 2.00 bits per heavy atom. The van der Waals surface area contributed by atoms with Crippen molar-refractivity contribution in [3.63, 3.8) is 0 Å². The average Bonchev–Trinajstić information content (AvgIpc) is 3.16. The van der Waals surface area contributed by atoms with Crippen LogP contribution in [0.2, 0.25) is 0 Å². The van der Waals surface area contributed by atoms with Crippen LogP contribution in [0.4, 0.5) is 0 Å². The monoisotopic (exact) mass is 335 g/mol. The van der Waals surface area contributed by atoms with Gasteiger partial charge in [0.15, 0.2) is 0 Å². The molecule has 4 aromatic rings. The predicted molar refractivity (Wildman–Crippen MR) is 93.4 cm³/mol. The van der Waals surface area contributed by atoms with E-state index in [1.54, 1.807) is 6.07 Å². The molecule has 0 fully saturated rings. The van der Waals surface area contributed by atoms with E-state index in [4.69, 9.17) is 8.94 Å². The van der Waals surface area contributed by atoms with Gasteiger partial charge in [-0.2, -0.15) is 0 Å². The zero-order valence-corrected chi connectivity index (χ0v) is 14.2. The fraction of sp³-hybridized carbons (Fsp3) is 0.211. The van der Waals surface area contributed by atoms with Crippen LogP contribution in [-0.4, -0.2) is 16.0 Å². The van der Waals surface area contributed by atoms with Gasteiger partial charge >= 0.3 is 0 Å². The first-order valence-electron chi connectivity index (χ1n) is 8.05. The third-order valence-corrected chi connectivity index (χ3v) is 4.39. The largest absolute Gasteiger partial charge is 0.459 e. The fourth-order valence-electron chi connectivity index (χ4n) is 3.02. The van der Waals surface area contributed by atoms with E-state index in [-0.39, 0.29) is 11.9 Å². The fourth-order valence-corrected chi connectivity index (χ4v) is 3.02. The van der Waals surface area contributed by atoms with Gasteiger partial charge < -0.3 is 14.3 Å². The number of fused-ring (bicyclic) bond motifs is 2. The number of hydrogen-bond acceptors (Lipinski definition) is 5. The van der Waals surface area contributed by atoms with E-state index in [1.165, 1.54) is 6.20 Å². The molecule has 0 saturated heterocycles. The summed E-state index contributed by atoms with van der Waals surface area (Å²) in [6, 6.07) is 9.31. The van der Waals surface area contributed by atoms with Crippen molar-refractivity contribution in [2.45, 2.75) is 26.8 Å². The van der Waals surface area contributed by atoms with Gasteiger partial charge in [-0.25, -0.2) is 4.98 Å². The highest BCUT2D eigenvalue weighted by Crippen LogP contribution is 2.29. The SMILES string of the molecule is Cc1c([C@H](C)NC(=O)c2cnc3onc(C)c3c2)oc2ccccc12. The summed E-state index contributed by atoms with van der Waals surface area (Å²) in [6.45, 7) is 5.72. The van der Waals surface area contributed by atoms with E-state index in [0.717, 1.165) is 27.7 Å². The molecule has 0 aliphatic carbocycles. The molecular weight excluding hydrogens is 318 g/mol. The smallest absolute Gasteiger partial charge is 0.257 e. The first-order valence-corrected chi connectivity index (χ1v) is 8.05. The summed E-state index contributed by atoms with van der Waals surface area (Å²) in [6.07, 6.45) is 1.49. The van der Waals surface area contributed by atoms with Crippen LogP contribution in [-0.2, 0) is 0 Å². The molecule has 1 aromatic carbocycles. The second-order valence-corrected chi connectivity index (χ2v) is 6.13. The molecular formula is C19H17N3O3. The molecule has 1 amide bonds. The predicted octanol–water partition coefficient (Wildman–Crippen LogP) is 4.08.